The van der Waals surface area contributed by atoms with Gasteiger partial charge in [-0.1, -0.05) is 30.3 Å². The molecule has 1 aliphatic heterocycles. The number of rotatable bonds is 6. The highest BCUT2D eigenvalue weighted by molar-refractivity contribution is 5.86. The molecule has 0 aliphatic carbocycles. The van der Waals surface area contributed by atoms with E-state index < -0.39 is 0 Å². The van der Waals surface area contributed by atoms with E-state index >= 15 is 0 Å². The molecule has 3 heterocycles. The molecule has 0 bridgehead atoms. The summed E-state index contributed by atoms with van der Waals surface area (Å²) >= 11 is 0. The van der Waals surface area contributed by atoms with Crippen molar-refractivity contribution in [3.8, 4) is 5.75 Å². The molecule has 1 aliphatic rings. The first kappa shape index (κ1) is 20.4. The Bertz CT molecular complexity index is 1250. The second-order valence-electron chi connectivity index (χ2n) is 8.23. The highest BCUT2D eigenvalue weighted by Crippen LogP contribution is 2.29. The maximum atomic E-state index is 13.0. The second-order valence-corrected chi connectivity index (χ2v) is 8.23. The van der Waals surface area contributed by atoms with E-state index in [1.165, 1.54) is 0 Å². The van der Waals surface area contributed by atoms with Gasteiger partial charge in [-0.05, 0) is 50.1 Å². The monoisotopic (exact) mass is 428 g/mol. The summed E-state index contributed by atoms with van der Waals surface area (Å²) in [5.74, 6) is 1.81. The molecule has 1 amide bonds. The molecule has 6 nitrogen and oxygen atoms in total. The fraction of sp³-hybridized carbons (Fsp3) is 0.308. The van der Waals surface area contributed by atoms with Gasteiger partial charge in [-0.15, -0.1) is 0 Å². The third kappa shape index (κ3) is 3.88. The maximum absolute atomic E-state index is 13.0. The molecule has 4 aromatic rings. The summed E-state index contributed by atoms with van der Waals surface area (Å²) in [6.45, 7) is 4.63. The predicted octanol–water partition coefficient (Wildman–Crippen LogP) is 4.42. The van der Waals surface area contributed by atoms with Crippen LogP contribution in [0.15, 0.2) is 66.9 Å². The van der Waals surface area contributed by atoms with Crippen LogP contribution in [0.3, 0.4) is 0 Å². The van der Waals surface area contributed by atoms with Crippen LogP contribution in [0.1, 0.15) is 25.3 Å². The van der Waals surface area contributed by atoms with E-state index in [1.54, 1.807) is 0 Å². The lowest BCUT2D eigenvalue weighted by molar-refractivity contribution is -0.125. The van der Waals surface area contributed by atoms with Crippen LogP contribution < -0.4 is 15.0 Å². The highest BCUT2D eigenvalue weighted by atomic mass is 16.5. The largest absolute Gasteiger partial charge is 0.494 e. The molecule has 6 heteroatoms. The van der Waals surface area contributed by atoms with E-state index in [1.807, 2.05) is 49.4 Å². The Morgan fingerprint density at radius 2 is 1.91 bits per heavy atom. The van der Waals surface area contributed by atoms with E-state index in [2.05, 4.69) is 39.0 Å². The van der Waals surface area contributed by atoms with Crippen LogP contribution in [0.4, 0.5) is 5.82 Å². The third-order valence-corrected chi connectivity index (χ3v) is 6.16. The third-order valence-electron chi connectivity index (χ3n) is 6.16. The van der Waals surface area contributed by atoms with Crippen molar-refractivity contribution in [2.24, 2.45) is 5.92 Å². The second kappa shape index (κ2) is 8.91. The lowest BCUT2D eigenvalue weighted by Gasteiger charge is -2.33. The minimum atomic E-state index is -0.0636. The SMILES string of the molecule is CCOc1ccccc1CNC(=O)[C@H]1CCCN(c2nc3ccccc3n3cccc23)C1. The van der Waals surface area contributed by atoms with Crippen LogP contribution in [0.2, 0.25) is 0 Å². The average molecular weight is 429 g/mol. The van der Waals surface area contributed by atoms with E-state index in [9.17, 15) is 4.79 Å². The number of carbonyl (C=O) groups excluding carboxylic acids is 1. The quantitative estimate of drug-likeness (QED) is 0.494. The molecule has 1 fully saturated rings. The number of aromatic nitrogens is 2. The van der Waals surface area contributed by atoms with Gasteiger partial charge in [0, 0.05) is 31.4 Å². The molecule has 1 N–H and O–H groups in total. The molecule has 0 unspecified atom stereocenters. The van der Waals surface area contributed by atoms with Gasteiger partial charge < -0.3 is 19.4 Å². The molecular formula is C26H28N4O2. The van der Waals surface area contributed by atoms with E-state index in [0.717, 1.165) is 53.1 Å². The van der Waals surface area contributed by atoms with E-state index in [4.69, 9.17) is 9.72 Å². The van der Waals surface area contributed by atoms with Gasteiger partial charge in [0.25, 0.3) is 0 Å². The molecule has 5 rings (SSSR count). The summed E-state index contributed by atoms with van der Waals surface area (Å²) in [5, 5.41) is 3.13. The summed E-state index contributed by atoms with van der Waals surface area (Å²) in [5.41, 5.74) is 4.14. The molecule has 0 radical (unpaired) electrons. The summed E-state index contributed by atoms with van der Waals surface area (Å²) in [6, 6.07) is 20.2. The number of amides is 1. The van der Waals surface area contributed by atoms with Crippen LogP contribution >= 0.6 is 0 Å². The van der Waals surface area contributed by atoms with Gasteiger partial charge >= 0.3 is 0 Å². The standard InChI is InChI=1S/C26H28N4O2/c1-2-32-24-14-6-3-9-19(24)17-27-26(31)20-10-7-15-29(18-20)25-23-13-8-16-30(23)22-12-5-4-11-21(22)28-25/h3-6,8-9,11-14,16,20H,2,7,10,15,17-18H2,1H3,(H,27,31)/t20-/m0/s1. The van der Waals surface area contributed by atoms with Crippen LogP contribution in [0, 0.1) is 5.92 Å². The van der Waals surface area contributed by atoms with Gasteiger partial charge in [0.05, 0.1) is 29.1 Å². The van der Waals surface area contributed by atoms with Crippen molar-refractivity contribution in [2.45, 2.75) is 26.3 Å². The van der Waals surface area contributed by atoms with Gasteiger partial charge in [-0.3, -0.25) is 4.79 Å². The maximum Gasteiger partial charge on any atom is 0.225 e. The minimum absolute atomic E-state index is 0.0636. The van der Waals surface area contributed by atoms with E-state index in [0.29, 0.717) is 19.7 Å². The number of hydrogen-bond acceptors (Lipinski definition) is 4. The van der Waals surface area contributed by atoms with Crippen molar-refractivity contribution >= 4 is 28.3 Å². The van der Waals surface area contributed by atoms with E-state index in [-0.39, 0.29) is 11.8 Å². The molecule has 164 valence electrons. The van der Waals surface area contributed by atoms with Crippen LogP contribution in [-0.4, -0.2) is 35.0 Å². The molecule has 0 spiro atoms. The Hall–Kier alpha value is -3.54. The Kier molecular flexibility index (Phi) is 5.67. The van der Waals surface area contributed by atoms with Crippen LogP contribution in [0.25, 0.3) is 16.6 Å². The van der Waals surface area contributed by atoms with Crippen molar-refractivity contribution in [3.05, 3.63) is 72.4 Å². The predicted molar refractivity (Wildman–Crippen MR) is 127 cm³/mol. The fourth-order valence-corrected chi connectivity index (χ4v) is 4.60. The first-order valence-corrected chi connectivity index (χ1v) is 11.3. The molecule has 0 saturated carbocycles. The van der Waals surface area contributed by atoms with Crippen LogP contribution in [0.5, 0.6) is 5.75 Å². The molecule has 32 heavy (non-hydrogen) atoms. The molecule has 1 saturated heterocycles. The van der Waals surface area contributed by atoms with Crippen molar-refractivity contribution in [1.29, 1.82) is 0 Å². The van der Waals surface area contributed by atoms with Gasteiger partial charge in [-0.2, -0.15) is 0 Å². The first-order chi connectivity index (χ1) is 15.7. The Morgan fingerprint density at radius 3 is 2.81 bits per heavy atom. The Balaban J connectivity index is 1.34. The summed E-state index contributed by atoms with van der Waals surface area (Å²) < 4.78 is 7.87. The van der Waals surface area contributed by atoms with Crippen molar-refractivity contribution in [1.82, 2.24) is 14.7 Å². The molecule has 2 aromatic carbocycles. The van der Waals surface area contributed by atoms with Crippen molar-refractivity contribution in [2.75, 3.05) is 24.6 Å². The van der Waals surface area contributed by atoms with Gasteiger partial charge in [0.1, 0.15) is 5.75 Å². The zero-order valence-electron chi connectivity index (χ0n) is 18.3. The average Bonchev–Trinajstić information content (AvgIpc) is 3.33. The number of ether oxygens (including phenoxy) is 1. The Morgan fingerprint density at radius 1 is 1.09 bits per heavy atom. The number of para-hydroxylation sites is 3. The number of hydrogen-bond donors (Lipinski definition) is 1. The van der Waals surface area contributed by atoms with Crippen molar-refractivity contribution < 1.29 is 9.53 Å². The fourth-order valence-electron chi connectivity index (χ4n) is 4.60. The number of nitrogens with one attached hydrogen (secondary N) is 1. The molecule has 1 atom stereocenters. The Labute approximate surface area is 187 Å². The molecular weight excluding hydrogens is 400 g/mol. The van der Waals surface area contributed by atoms with Gasteiger partial charge in [-0.25, -0.2) is 4.98 Å². The number of fused-ring (bicyclic) bond motifs is 3. The topological polar surface area (TPSA) is 58.9 Å². The first-order valence-electron chi connectivity index (χ1n) is 11.3. The lowest BCUT2D eigenvalue weighted by atomic mass is 9.97. The number of anilines is 1. The molecule has 2 aromatic heterocycles. The smallest absolute Gasteiger partial charge is 0.225 e. The van der Waals surface area contributed by atoms with Gasteiger partial charge in [0.15, 0.2) is 5.82 Å². The number of benzene rings is 2. The highest BCUT2D eigenvalue weighted by Gasteiger charge is 2.28. The minimum Gasteiger partial charge on any atom is -0.494 e. The number of carbonyl (C=O) groups is 1. The summed E-state index contributed by atoms with van der Waals surface area (Å²) in [4.78, 5) is 20.3. The van der Waals surface area contributed by atoms with Crippen LogP contribution in [-0.2, 0) is 11.3 Å². The lowest BCUT2D eigenvalue weighted by Crippen LogP contribution is -2.43. The number of nitrogens with zero attached hydrogens (tertiary/aromatic N) is 3. The van der Waals surface area contributed by atoms with Gasteiger partial charge in [0.2, 0.25) is 5.91 Å². The van der Waals surface area contributed by atoms with Crippen molar-refractivity contribution in [3.63, 3.8) is 0 Å². The zero-order chi connectivity index (χ0) is 21.9. The zero-order valence-corrected chi connectivity index (χ0v) is 18.3. The summed E-state index contributed by atoms with van der Waals surface area (Å²) in [7, 11) is 0. The normalized spacial score (nSPS) is 16.4. The summed E-state index contributed by atoms with van der Waals surface area (Å²) in [6.07, 6.45) is 3.93. The number of piperidine rings is 1.